The number of rotatable bonds is 8. The highest BCUT2D eigenvalue weighted by atomic mass is 35.5. The molecule has 5 nitrogen and oxygen atoms in total. The Morgan fingerprint density at radius 1 is 1.14 bits per heavy atom. The maximum absolute atomic E-state index is 12.4. The molecule has 0 unspecified atom stereocenters. The number of carbonyl (C=O) groups is 1. The zero-order valence-corrected chi connectivity index (χ0v) is 17.8. The maximum atomic E-state index is 12.4. The van der Waals surface area contributed by atoms with Gasteiger partial charge >= 0.3 is 0 Å². The van der Waals surface area contributed by atoms with E-state index < -0.39 is 0 Å². The SMILES string of the molecule is CCOc1ccc(C2(CNC(=O)COc3ccc(Cl)cc3C)CCOCC2)cc1. The highest BCUT2D eigenvalue weighted by Gasteiger charge is 2.35. The van der Waals surface area contributed by atoms with Gasteiger partial charge < -0.3 is 19.5 Å². The Morgan fingerprint density at radius 3 is 2.52 bits per heavy atom. The minimum Gasteiger partial charge on any atom is -0.494 e. The monoisotopic (exact) mass is 417 g/mol. The predicted molar refractivity (Wildman–Crippen MR) is 114 cm³/mol. The molecule has 0 bridgehead atoms. The number of amides is 1. The van der Waals surface area contributed by atoms with Gasteiger partial charge in [-0.15, -0.1) is 0 Å². The lowest BCUT2D eigenvalue weighted by molar-refractivity contribution is -0.123. The standard InChI is InChI=1S/C23H28ClNO4/c1-3-28-20-7-4-18(5-8-20)23(10-12-27-13-11-23)16-25-22(26)15-29-21-9-6-19(24)14-17(21)2/h4-9,14H,3,10-13,15-16H2,1-2H3,(H,25,26). The van der Waals surface area contributed by atoms with Gasteiger partial charge in [0.05, 0.1) is 6.61 Å². The van der Waals surface area contributed by atoms with Crippen molar-refractivity contribution >= 4 is 17.5 Å². The molecular weight excluding hydrogens is 390 g/mol. The van der Waals surface area contributed by atoms with Gasteiger partial charge in [0.15, 0.2) is 6.61 Å². The van der Waals surface area contributed by atoms with Gasteiger partial charge in [-0.1, -0.05) is 23.7 Å². The van der Waals surface area contributed by atoms with Gasteiger partial charge in [-0.3, -0.25) is 4.79 Å². The summed E-state index contributed by atoms with van der Waals surface area (Å²) in [5, 5.41) is 3.70. The number of ether oxygens (including phenoxy) is 3. The Balaban J connectivity index is 1.62. The molecule has 0 radical (unpaired) electrons. The van der Waals surface area contributed by atoms with Gasteiger partial charge in [0.2, 0.25) is 0 Å². The molecule has 1 amide bonds. The first kappa shape index (κ1) is 21.5. The van der Waals surface area contributed by atoms with E-state index in [1.165, 1.54) is 5.56 Å². The molecule has 1 aliphatic heterocycles. The van der Waals surface area contributed by atoms with Crippen LogP contribution in [0.4, 0.5) is 0 Å². The van der Waals surface area contributed by atoms with Crippen LogP contribution in [0.25, 0.3) is 0 Å². The van der Waals surface area contributed by atoms with Crippen LogP contribution in [0.5, 0.6) is 11.5 Å². The summed E-state index contributed by atoms with van der Waals surface area (Å²) >= 11 is 5.96. The third kappa shape index (κ3) is 5.64. The van der Waals surface area contributed by atoms with Crippen molar-refractivity contribution in [3.63, 3.8) is 0 Å². The second kappa shape index (κ2) is 9.99. The summed E-state index contributed by atoms with van der Waals surface area (Å²) in [4.78, 5) is 12.4. The Morgan fingerprint density at radius 2 is 1.86 bits per heavy atom. The first-order chi connectivity index (χ1) is 14.0. The molecule has 0 aromatic heterocycles. The minimum atomic E-state index is -0.144. The Bertz CT molecular complexity index is 816. The van der Waals surface area contributed by atoms with Crippen LogP contribution in [-0.2, 0) is 14.9 Å². The number of carbonyl (C=O) groups excluding carboxylic acids is 1. The quantitative estimate of drug-likeness (QED) is 0.696. The van der Waals surface area contributed by atoms with Crippen LogP contribution in [0, 0.1) is 6.92 Å². The van der Waals surface area contributed by atoms with Crippen molar-refractivity contribution in [2.24, 2.45) is 0 Å². The van der Waals surface area contributed by atoms with Crippen molar-refractivity contribution in [2.45, 2.75) is 32.1 Å². The van der Waals surface area contributed by atoms with Crippen LogP contribution in [-0.4, -0.2) is 38.9 Å². The molecule has 2 aromatic carbocycles. The normalized spacial score (nSPS) is 15.6. The van der Waals surface area contributed by atoms with Gasteiger partial charge in [-0.05, 0) is 68.1 Å². The van der Waals surface area contributed by atoms with Gasteiger partial charge in [0.25, 0.3) is 5.91 Å². The summed E-state index contributed by atoms with van der Waals surface area (Å²) < 4.78 is 16.8. The van der Waals surface area contributed by atoms with E-state index in [0.29, 0.717) is 37.1 Å². The Hall–Kier alpha value is -2.24. The molecule has 1 fully saturated rings. The lowest BCUT2D eigenvalue weighted by Crippen LogP contribution is -2.45. The molecule has 0 aliphatic carbocycles. The molecule has 156 valence electrons. The fraction of sp³-hybridized carbons (Fsp3) is 0.435. The summed E-state index contributed by atoms with van der Waals surface area (Å²) in [6.07, 6.45) is 1.72. The zero-order chi connectivity index (χ0) is 20.7. The smallest absolute Gasteiger partial charge is 0.257 e. The third-order valence-corrected chi connectivity index (χ3v) is 5.58. The van der Waals surface area contributed by atoms with E-state index in [-0.39, 0.29) is 17.9 Å². The number of hydrogen-bond acceptors (Lipinski definition) is 4. The fourth-order valence-corrected chi connectivity index (χ4v) is 3.86. The molecule has 0 saturated carbocycles. The lowest BCUT2D eigenvalue weighted by Gasteiger charge is -2.38. The Kier molecular flexibility index (Phi) is 7.40. The predicted octanol–water partition coefficient (Wildman–Crippen LogP) is 4.29. The van der Waals surface area contributed by atoms with E-state index in [9.17, 15) is 4.79 Å². The van der Waals surface area contributed by atoms with Crippen LogP contribution in [0.3, 0.4) is 0 Å². The summed E-state index contributed by atoms with van der Waals surface area (Å²) in [5.74, 6) is 1.38. The van der Waals surface area contributed by atoms with Crippen LogP contribution in [0.1, 0.15) is 30.9 Å². The molecule has 2 aromatic rings. The van der Waals surface area contributed by atoms with Gasteiger partial charge in [0.1, 0.15) is 11.5 Å². The van der Waals surface area contributed by atoms with Crippen molar-refractivity contribution in [3.8, 4) is 11.5 Å². The van der Waals surface area contributed by atoms with Crippen LogP contribution >= 0.6 is 11.6 Å². The second-order valence-electron chi connectivity index (χ2n) is 7.33. The summed E-state index contributed by atoms with van der Waals surface area (Å²) in [7, 11) is 0. The number of halogens is 1. The van der Waals surface area contributed by atoms with Crippen molar-refractivity contribution in [1.29, 1.82) is 0 Å². The molecule has 1 N–H and O–H groups in total. The molecule has 3 rings (SSSR count). The van der Waals surface area contributed by atoms with E-state index >= 15 is 0 Å². The van der Waals surface area contributed by atoms with E-state index in [0.717, 1.165) is 24.2 Å². The molecule has 6 heteroatoms. The first-order valence-electron chi connectivity index (χ1n) is 9.99. The number of hydrogen-bond donors (Lipinski definition) is 1. The van der Waals surface area contributed by atoms with Crippen molar-refractivity contribution in [2.75, 3.05) is 33.0 Å². The topological polar surface area (TPSA) is 56.8 Å². The summed E-state index contributed by atoms with van der Waals surface area (Å²) in [5.41, 5.74) is 1.95. The first-order valence-corrected chi connectivity index (χ1v) is 10.4. The van der Waals surface area contributed by atoms with Crippen molar-refractivity contribution < 1.29 is 19.0 Å². The number of aryl methyl sites for hydroxylation is 1. The van der Waals surface area contributed by atoms with Gasteiger partial charge in [-0.25, -0.2) is 0 Å². The van der Waals surface area contributed by atoms with Crippen LogP contribution in [0.15, 0.2) is 42.5 Å². The summed E-state index contributed by atoms with van der Waals surface area (Å²) in [6.45, 7) is 6.40. The highest BCUT2D eigenvalue weighted by Crippen LogP contribution is 2.35. The molecule has 1 saturated heterocycles. The summed E-state index contributed by atoms with van der Waals surface area (Å²) in [6, 6.07) is 13.5. The van der Waals surface area contributed by atoms with Crippen LogP contribution in [0.2, 0.25) is 5.02 Å². The largest absolute Gasteiger partial charge is 0.494 e. The lowest BCUT2D eigenvalue weighted by atomic mass is 9.74. The molecule has 1 aliphatic rings. The van der Waals surface area contributed by atoms with Gasteiger partial charge in [-0.2, -0.15) is 0 Å². The maximum Gasteiger partial charge on any atom is 0.257 e. The Labute approximate surface area is 177 Å². The minimum absolute atomic E-state index is 0.0294. The third-order valence-electron chi connectivity index (χ3n) is 5.35. The van der Waals surface area contributed by atoms with E-state index in [1.807, 2.05) is 32.0 Å². The molecule has 29 heavy (non-hydrogen) atoms. The second-order valence-corrected chi connectivity index (χ2v) is 7.76. The molecular formula is C23H28ClNO4. The van der Waals surface area contributed by atoms with E-state index in [2.05, 4.69) is 17.4 Å². The molecule has 1 heterocycles. The van der Waals surface area contributed by atoms with Crippen LogP contribution < -0.4 is 14.8 Å². The van der Waals surface area contributed by atoms with Gasteiger partial charge in [0, 0.05) is 30.2 Å². The van der Waals surface area contributed by atoms with E-state index in [1.54, 1.807) is 12.1 Å². The highest BCUT2D eigenvalue weighted by molar-refractivity contribution is 6.30. The number of benzene rings is 2. The average molecular weight is 418 g/mol. The molecule has 0 atom stereocenters. The molecule has 0 spiro atoms. The van der Waals surface area contributed by atoms with E-state index in [4.69, 9.17) is 25.8 Å². The van der Waals surface area contributed by atoms with Crippen molar-refractivity contribution in [1.82, 2.24) is 5.32 Å². The van der Waals surface area contributed by atoms with Crippen molar-refractivity contribution in [3.05, 3.63) is 58.6 Å². The average Bonchev–Trinajstić information content (AvgIpc) is 2.73. The number of nitrogens with one attached hydrogen (secondary N) is 1. The zero-order valence-electron chi connectivity index (χ0n) is 17.0. The fourth-order valence-electron chi connectivity index (χ4n) is 3.64.